The smallest absolute Gasteiger partial charge is 0.245 e. The molecule has 15 heavy (non-hydrogen) atoms. The average molecular weight is 210 g/mol. The van der Waals surface area contributed by atoms with Crippen molar-refractivity contribution in [1.29, 1.82) is 0 Å². The van der Waals surface area contributed by atoms with E-state index in [1.807, 2.05) is 7.05 Å². The fourth-order valence-corrected chi connectivity index (χ4v) is 2.11. The monoisotopic (exact) mass is 210 g/mol. The Balaban J connectivity index is 2.08. The molecule has 2 heterocycles. The zero-order valence-electron chi connectivity index (χ0n) is 9.30. The molecule has 1 fully saturated rings. The van der Waals surface area contributed by atoms with Gasteiger partial charge in [-0.05, 0) is 36.1 Å². The van der Waals surface area contributed by atoms with E-state index in [4.69, 9.17) is 5.73 Å². The van der Waals surface area contributed by atoms with E-state index >= 15 is 0 Å². The minimum absolute atomic E-state index is 0.244. The second-order valence-corrected chi connectivity index (χ2v) is 4.31. The lowest BCUT2D eigenvalue weighted by atomic mass is 9.92. The van der Waals surface area contributed by atoms with Crippen molar-refractivity contribution in [1.82, 2.24) is 20.2 Å². The zero-order chi connectivity index (χ0) is 10.8. The molecule has 2 unspecified atom stereocenters. The number of nitrogens with zero attached hydrogens (tertiary/aromatic N) is 5. The van der Waals surface area contributed by atoms with Crippen molar-refractivity contribution < 1.29 is 0 Å². The first kappa shape index (κ1) is 10.4. The lowest BCUT2D eigenvalue weighted by Gasteiger charge is -2.34. The van der Waals surface area contributed by atoms with Crippen molar-refractivity contribution in [2.45, 2.75) is 25.8 Å². The van der Waals surface area contributed by atoms with Gasteiger partial charge in [0.05, 0.1) is 0 Å². The topological polar surface area (TPSA) is 72.9 Å². The van der Waals surface area contributed by atoms with Crippen molar-refractivity contribution >= 4 is 5.95 Å². The van der Waals surface area contributed by atoms with Crippen molar-refractivity contribution in [3.8, 4) is 0 Å². The van der Waals surface area contributed by atoms with Crippen molar-refractivity contribution in [3.63, 3.8) is 0 Å². The largest absolute Gasteiger partial charge is 0.339 e. The Bertz CT molecular complexity index is 320. The Labute approximate surface area is 89.4 Å². The Kier molecular flexibility index (Phi) is 2.86. The van der Waals surface area contributed by atoms with E-state index in [9.17, 15) is 0 Å². The normalized spacial score (nSPS) is 24.2. The summed E-state index contributed by atoms with van der Waals surface area (Å²) < 4.78 is 1.71. The van der Waals surface area contributed by atoms with Gasteiger partial charge in [0.15, 0.2) is 0 Å². The van der Waals surface area contributed by atoms with Gasteiger partial charge in [-0.1, -0.05) is 5.10 Å². The summed E-state index contributed by atoms with van der Waals surface area (Å²) in [6.07, 6.45) is 2.37. The average Bonchev–Trinajstić information content (AvgIpc) is 2.64. The quantitative estimate of drug-likeness (QED) is 0.730. The van der Waals surface area contributed by atoms with Gasteiger partial charge in [-0.2, -0.15) is 0 Å². The first-order valence-corrected chi connectivity index (χ1v) is 5.41. The number of tetrazole rings is 1. The number of nitrogens with two attached hydrogens (primary N) is 1. The van der Waals surface area contributed by atoms with Gasteiger partial charge in [0, 0.05) is 26.2 Å². The van der Waals surface area contributed by atoms with Crippen LogP contribution in [-0.2, 0) is 7.05 Å². The molecule has 1 aliphatic heterocycles. The van der Waals surface area contributed by atoms with Crippen molar-refractivity contribution in [2.24, 2.45) is 18.7 Å². The van der Waals surface area contributed by atoms with Gasteiger partial charge < -0.3 is 10.6 Å². The van der Waals surface area contributed by atoms with Gasteiger partial charge in [-0.15, -0.1) is 0 Å². The Morgan fingerprint density at radius 3 is 2.93 bits per heavy atom. The van der Waals surface area contributed by atoms with E-state index in [1.165, 1.54) is 12.8 Å². The summed E-state index contributed by atoms with van der Waals surface area (Å²) >= 11 is 0. The summed E-state index contributed by atoms with van der Waals surface area (Å²) in [6.45, 7) is 4.06. The molecular weight excluding hydrogens is 192 g/mol. The van der Waals surface area contributed by atoms with Gasteiger partial charge in [-0.25, -0.2) is 4.68 Å². The highest BCUT2D eigenvalue weighted by Gasteiger charge is 2.25. The van der Waals surface area contributed by atoms with Gasteiger partial charge in [0.25, 0.3) is 0 Å². The molecule has 0 spiro atoms. The van der Waals surface area contributed by atoms with Crippen LogP contribution in [0.2, 0.25) is 0 Å². The van der Waals surface area contributed by atoms with E-state index in [-0.39, 0.29) is 6.04 Å². The van der Waals surface area contributed by atoms with Crippen LogP contribution in [-0.4, -0.2) is 39.3 Å². The number of aromatic nitrogens is 4. The highest BCUT2D eigenvalue weighted by molar-refractivity contribution is 5.28. The summed E-state index contributed by atoms with van der Waals surface area (Å²) in [4.78, 5) is 2.22. The van der Waals surface area contributed by atoms with Crippen LogP contribution in [0.25, 0.3) is 0 Å². The first-order valence-electron chi connectivity index (χ1n) is 5.41. The fourth-order valence-electron chi connectivity index (χ4n) is 2.11. The molecule has 0 aliphatic carbocycles. The van der Waals surface area contributed by atoms with E-state index in [0.29, 0.717) is 5.92 Å². The maximum atomic E-state index is 5.94. The summed E-state index contributed by atoms with van der Waals surface area (Å²) in [6, 6.07) is 0.244. The number of rotatable bonds is 2. The lowest BCUT2D eigenvalue weighted by molar-refractivity contribution is 0.360. The molecule has 0 aromatic carbocycles. The molecule has 1 aromatic rings. The van der Waals surface area contributed by atoms with Crippen LogP contribution in [0.4, 0.5) is 5.95 Å². The van der Waals surface area contributed by atoms with Gasteiger partial charge >= 0.3 is 0 Å². The van der Waals surface area contributed by atoms with Gasteiger partial charge in [-0.3, -0.25) is 0 Å². The Morgan fingerprint density at radius 2 is 2.33 bits per heavy atom. The summed E-state index contributed by atoms with van der Waals surface area (Å²) in [7, 11) is 1.87. The number of aryl methyl sites for hydroxylation is 1. The molecule has 0 saturated carbocycles. The summed E-state index contributed by atoms with van der Waals surface area (Å²) in [5, 5.41) is 11.5. The molecule has 2 N–H and O–H groups in total. The third kappa shape index (κ3) is 2.09. The molecule has 2 atom stereocenters. The molecule has 1 aliphatic rings. The lowest BCUT2D eigenvalue weighted by Crippen LogP contribution is -2.43. The maximum absolute atomic E-state index is 5.94. The summed E-state index contributed by atoms with van der Waals surface area (Å²) in [5.41, 5.74) is 5.94. The molecule has 6 heteroatoms. The Morgan fingerprint density at radius 1 is 1.53 bits per heavy atom. The molecule has 0 radical (unpaired) electrons. The predicted octanol–water partition coefficient (Wildman–Crippen LogP) is -0.226. The number of anilines is 1. The van der Waals surface area contributed by atoms with Crippen LogP contribution in [0.1, 0.15) is 19.8 Å². The first-order chi connectivity index (χ1) is 7.18. The Hall–Kier alpha value is -1.17. The fraction of sp³-hybridized carbons (Fsp3) is 0.889. The predicted molar refractivity (Wildman–Crippen MR) is 57.4 cm³/mol. The van der Waals surface area contributed by atoms with Crippen LogP contribution in [0.5, 0.6) is 0 Å². The number of hydrogen-bond acceptors (Lipinski definition) is 5. The highest BCUT2D eigenvalue weighted by Crippen LogP contribution is 2.21. The third-order valence-electron chi connectivity index (χ3n) is 3.08. The van der Waals surface area contributed by atoms with Crippen molar-refractivity contribution in [2.75, 3.05) is 18.0 Å². The minimum atomic E-state index is 0.244. The van der Waals surface area contributed by atoms with E-state index in [1.54, 1.807) is 4.68 Å². The molecule has 6 nitrogen and oxygen atoms in total. The third-order valence-corrected chi connectivity index (χ3v) is 3.08. The van der Waals surface area contributed by atoms with E-state index in [0.717, 1.165) is 19.0 Å². The molecule has 0 amide bonds. The zero-order valence-corrected chi connectivity index (χ0v) is 9.30. The van der Waals surface area contributed by atoms with Crippen LogP contribution in [0.15, 0.2) is 0 Å². The summed E-state index contributed by atoms with van der Waals surface area (Å²) in [5.74, 6) is 1.40. The van der Waals surface area contributed by atoms with Crippen LogP contribution in [0, 0.1) is 5.92 Å². The van der Waals surface area contributed by atoms with Gasteiger partial charge in [0.2, 0.25) is 5.95 Å². The highest BCUT2D eigenvalue weighted by atomic mass is 15.6. The standard InChI is InChI=1S/C9H18N6/c1-7(10)8-4-3-5-15(6-8)9-11-12-13-14(9)2/h7-8H,3-6,10H2,1-2H3. The van der Waals surface area contributed by atoms with Crippen LogP contribution in [0.3, 0.4) is 0 Å². The second-order valence-electron chi connectivity index (χ2n) is 4.31. The molecule has 2 rings (SSSR count). The number of hydrogen-bond donors (Lipinski definition) is 1. The SMILES string of the molecule is CC(N)C1CCCN(c2nnnn2C)C1. The molecule has 1 aromatic heterocycles. The second kappa shape index (κ2) is 4.14. The van der Waals surface area contributed by atoms with Crippen LogP contribution >= 0.6 is 0 Å². The molecular formula is C9H18N6. The van der Waals surface area contributed by atoms with Gasteiger partial charge in [0.1, 0.15) is 0 Å². The van der Waals surface area contributed by atoms with Crippen LogP contribution < -0.4 is 10.6 Å². The van der Waals surface area contributed by atoms with E-state index in [2.05, 4.69) is 27.3 Å². The van der Waals surface area contributed by atoms with Crippen molar-refractivity contribution in [3.05, 3.63) is 0 Å². The molecule has 84 valence electrons. The molecule has 0 bridgehead atoms. The minimum Gasteiger partial charge on any atom is -0.339 e. The van der Waals surface area contributed by atoms with E-state index < -0.39 is 0 Å². The maximum Gasteiger partial charge on any atom is 0.245 e. The molecule has 1 saturated heterocycles. The number of piperidine rings is 1.